The van der Waals surface area contributed by atoms with E-state index in [9.17, 15) is 0 Å². The van der Waals surface area contributed by atoms with Crippen molar-refractivity contribution in [3.63, 3.8) is 0 Å². The van der Waals surface area contributed by atoms with Crippen LogP contribution < -0.4 is 5.32 Å². The number of rotatable bonds is 2. The zero-order chi connectivity index (χ0) is 11.9. The van der Waals surface area contributed by atoms with Gasteiger partial charge < -0.3 is 10.1 Å². The molecule has 0 amide bonds. The Balaban J connectivity index is 2.04. The first-order chi connectivity index (χ1) is 8.24. The van der Waals surface area contributed by atoms with Crippen LogP contribution in [0.3, 0.4) is 0 Å². The lowest BCUT2D eigenvalue weighted by Crippen LogP contribution is -2.40. The van der Waals surface area contributed by atoms with Crippen molar-refractivity contribution in [2.45, 2.75) is 44.8 Å². The SMILES string of the molecule is CCCc1cccc2c1CO[C@]1(C)CNC[C@H]21. The van der Waals surface area contributed by atoms with Gasteiger partial charge in [0.15, 0.2) is 0 Å². The van der Waals surface area contributed by atoms with Gasteiger partial charge in [-0.05, 0) is 30.0 Å². The molecule has 1 N–H and O–H groups in total. The Hall–Kier alpha value is -0.860. The van der Waals surface area contributed by atoms with Crippen LogP contribution in [0, 0.1) is 0 Å². The van der Waals surface area contributed by atoms with Gasteiger partial charge in [0.2, 0.25) is 0 Å². The van der Waals surface area contributed by atoms with Crippen LogP contribution in [0.25, 0.3) is 0 Å². The largest absolute Gasteiger partial charge is 0.369 e. The third-order valence-electron chi connectivity index (χ3n) is 4.31. The standard InChI is InChI=1S/C15H21NO/c1-3-5-11-6-4-7-12-13(11)9-17-15(2)10-16-8-14(12)15/h4,6-7,14,16H,3,5,8-10H2,1-2H3/t14-,15-/m1/s1. The molecule has 2 heterocycles. The molecular formula is C15H21NO. The Kier molecular flexibility index (Phi) is 2.72. The molecule has 2 aliphatic heterocycles. The monoisotopic (exact) mass is 231 g/mol. The van der Waals surface area contributed by atoms with Crippen LogP contribution >= 0.6 is 0 Å². The Morgan fingerprint density at radius 3 is 3.18 bits per heavy atom. The highest BCUT2D eigenvalue weighted by atomic mass is 16.5. The van der Waals surface area contributed by atoms with Crippen molar-refractivity contribution in [1.29, 1.82) is 0 Å². The molecular weight excluding hydrogens is 210 g/mol. The van der Waals surface area contributed by atoms with Crippen molar-refractivity contribution in [3.05, 3.63) is 34.9 Å². The lowest BCUT2D eigenvalue weighted by molar-refractivity contribution is -0.0521. The Bertz CT molecular complexity index is 429. The second-order valence-corrected chi connectivity index (χ2v) is 5.52. The fraction of sp³-hybridized carbons (Fsp3) is 0.600. The number of hydrogen-bond acceptors (Lipinski definition) is 2. The molecule has 2 atom stereocenters. The fourth-order valence-electron chi connectivity index (χ4n) is 3.29. The van der Waals surface area contributed by atoms with Crippen molar-refractivity contribution < 1.29 is 4.74 Å². The molecule has 0 aliphatic carbocycles. The van der Waals surface area contributed by atoms with E-state index in [1.54, 1.807) is 0 Å². The van der Waals surface area contributed by atoms with Gasteiger partial charge in [-0.1, -0.05) is 31.5 Å². The molecule has 0 aromatic heterocycles. The van der Waals surface area contributed by atoms with Gasteiger partial charge in [-0.15, -0.1) is 0 Å². The minimum absolute atomic E-state index is 0.0117. The van der Waals surface area contributed by atoms with E-state index in [2.05, 4.69) is 37.4 Å². The average Bonchev–Trinajstić information content (AvgIpc) is 2.72. The first-order valence-corrected chi connectivity index (χ1v) is 6.70. The number of ether oxygens (including phenoxy) is 1. The van der Waals surface area contributed by atoms with Gasteiger partial charge in [-0.2, -0.15) is 0 Å². The number of fused-ring (bicyclic) bond motifs is 3. The number of nitrogens with one attached hydrogen (secondary N) is 1. The first kappa shape index (κ1) is 11.2. The van der Waals surface area contributed by atoms with Crippen LogP contribution in [0.4, 0.5) is 0 Å². The topological polar surface area (TPSA) is 21.3 Å². The molecule has 17 heavy (non-hydrogen) atoms. The summed E-state index contributed by atoms with van der Waals surface area (Å²) in [6, 6.07) is 6.78. The molecule has 0 saturated carbocycles. The molecule has 1 aromatic carbocycles. The van der Waals surface area contributed by atoms with E-state index in [4.69, 9.17) is 4.74 Å². The van der Waals surface area contributed by atoms with Crippen LogP contribution in [0.1, 0.15) is 42.9 Å². The van der Waals surface area contributed by atoms with E-state index in [0.29, 0.717) is 5.92 Å². The van der Waals surface area contributed by atoms with Crippen molar-refractivity contribution in [1.82, 2.24) is 5.32 Å². The van der Waals surface area contributed by atoms with Gasteiger partial charge >= 0.3 is 0 Å². The van der Waals surface area contributed by atoms with Crippen molar-refractivity contribution in [2.75, 3.05) is 13.1 Å². The molecule has 2 heteroatoms. The minimum Gasteiger partial charge on any atom is -0.369 e. The number of aryl methyl sites for hydroxylation is 1. The lowest BCUT2D eigenvalue weighted by atomic mass is 9.80. The van der Waals surface area contributed by atoms with E-state index in [1.807, 2.05) is 0 Å². The maximum absolute atomic E-state index is 6.14. The van der Waals surface area contributed by atoms with Gasteiger partial charge in [0, 0.05) is 19.0 Å². The maximum Gasteiger partial charge on any atom is 0.0863 e. The van der Waals surface area contributed by atoms with E-state index in [0.717, 1.165) is 19.7 Å². The van der Waals surface area contributed by atoms with E-state index in [-0.39, 0.29) is 5.60 Å². The highest BCUT2D eigenvalue weighted by molar-refractivity contribution is 5.41. The van der Waals surface area contributed by atoms with Gasteiger partial charge in [0.1, 0.15) is 0 Å². The third kappa shape index (κ3) is 1.71. The molecule has 2 nitrogen and oxygen atoms in total. The van der Waals surface area contributed by atoms with E-state index in [1.165, 1.54) is 29.5 Å². The molecule has 0 spiro atoms. The summed E-state index contributed by atoms with van der Waals surface area (Å²) in [7, 11) is 0. The van der Waals surface area contributed by atoms with Crippen molar-refractivity contribution in [3.8, 4) is 0 Å². The summed E-state index contributed by atoms with van der Waals surface area (Å²) < 4.78 is 6.14. The first-order valence-electron chi connectivity index (χ1n) is 6.70. The summed E-state index contributed by atoms with van der Waals surface area (Å²) in [4.78, 5) is 0. The van der Waals surface area contributed by atoms with Gasteiger partial charge in [0.25, 0.3) is 0 Å². The minimum atomic E-state index is 0.0117. The van der Waals surface area contributed by atoms with Crippen molar-refractivity contribution >= 4 is 0 Å². The molecule has 0 unspecified atom stereocenters. The summed E-state index contributed by atoms with van der Waals surface area (Å²) in [5.74, 6) is 0.531. The van der Waals surface area contributed by atoms with Crippen LogP contribution in [0.2, 0.25) is 0 Å². The Morgan fingerprint density at radius 1 is 1.47 bits per heavy atom. The zero-order valence-corrected chi connectivity index (χ0v) is 10.8. The molecule has 92 valence electrons. The van der Waals surface area contributed by atoms with Crippen LogP contribution in [-0.2, 0) is 17.8 Å². The number of hydrogen-bond donors (Lipinski definition) is 1. The molecule has 1 fully saturated rings. The van der Waals surface area contributed by atoms with E-state index >= 15 is 0 Å². The molecule has 1 saturated heterocycles. The summed E-state index contributed by atoms with van der Waals surface area (Å²) >= 11 is 0. The van der Waals surface area contributed by atoms with Gasteiger partial charge in [0.05, 0.1) is 12.2 Å². The molecule has 1 aromatic rings. The average molecular weight is 231 g/mol. The van der Waals surface area contributed by atoms with E-state index < -0.39 is 0 Å². The predicted molar refractivity (Wildman–Crippen MR) is 69.2 cm³/mol. The van der Waals surface area contributed by atoms with Crippen LogP contribution in [0.15, 0.2) is 18.2 Å². The van der Waals surface area contributed by atoms with Crippen molar-refractivity contribution in [2.24, 2.45) is 0 Å². The summed E-state index contributed by atoms with van der Waals surface area (Å²) in [5, 5.41) is 3.47. The smallest absolute Gasteiger partial charge is 0.0863 e. The molecule has 2 aliphatic rings. The van der Waals surface area contributed by atoms with Crippen LogP contribution in [0.5, 0.6) is 0 Å². The van der Waals surface area contributed by atoms with Crippen LogP contribution in [-0.4, -0.2) is 18.7 Å². The number of benzene rings is 1. The zero-order valence-electron chi connectivity index (χ0n) is 10.8. The molecule has 0 radical (unpaired) electrons. The summed E-state index contributed by atoms with van der Waals surface area (Å²) in [6.07, 6.45) is 2.38. The van der Waals surface area contributed by atoms with Gasteiger partial charge in [-0.3, -0.25) is 0 Å². The second-order valence-electron chi connectivity index (χ2n) is 5.52. The lowest BCUT2D eigenvalue weighted by Gasteiger charge is -2.37. The molecule has 0 bridgehead atoms. The summed E-state index contributed by atoms with van der Waals surface area (Å²) in [5.41, 5.74) is 4.48. The fourth-order valence-corrected chi connectivity index (χ4v) is 3.29. The maximum atomic E-state index is 6.14. The predicted octanol–water partition coefficient (Wildman–Crippen LogP) is 2.61. The molecule has 3 rings (SSSR count). The second kappa shape index (κ2) is 4.11. The highest BCUT2D eigenvalue weighted by Gasteiger charge is 2.44. The highest BCUT2D eigenvalue weighted by Crippen LogP contribution is 2.42. The Morgan fingerprint density at radius 2 is 2.35 bits per heavy atom. The summed E-state index contributed by atoms with van der Waals surface area (Å²) in [6.45, 7) is 7.31. The Labute approximate surface area is 103 Å². The third-order valence-corrected chi connectivity index (χ3v) is 4.31. The normalized spacial score (nSPS) is 31.1. The quantitative estimate of drug-likeness (QED) is 0.845. The van der Waals surface area contributed by atoms with Gasteiger partial charge in [-0.25, -0.2) is 0 Å².